The minimum absolute atomic E-state index is 0.283. The van der Waals surface area contributed by atoms with Crippen LogP contribution in [-0.2, 0) is 17.4 Å². The van der Waals surface area contributed by atoms with Crippen molar-refractivity contribution in [1.82, 2.24) is 20.2 Å². The predicted octanol–water partition coefficient (Wildman–Crippen LogP) is 3.81. The molecule has 0 aliphatic heterocycles. The van der Waals surface area contributed by atoms with Gasteiger partial charge in [0.15, 0.2) is 20.6 Å². The molecule has 1 atom stereocenters. The fourth-order valence-electron chi connectivity index (χ4n) is 2.00. The smallest absolute Gasteiger partial charge is 0.417 e. The first-order valence-electron chi connectivity index (χ1n) is 7.11. The first-order chi connectivity index (χ1) is 11.9. The number of halogens is 3. The van der Waals surface area contributed by atoms with E-state index in [1.165, 1.54) is 6.07 Å². The summed E-state index contributed by atoms with van der Waals surface area (Å²) < 4.78 is 49.9. The van der Waals surface area contributed by atoms with E-state index in [1.54, 1.807) is 25.3 Å². The Kier molecular flexibility index (Phi) is 5.02. The number of rotatable bonds is 4. The SMILES string of the molecule is CC[S+]([O-])c1cccnc1-c1nnc(-c2ccc(C(F)(F)F)cn2)s1. The van der Waals surface area contributed by atoms with Crippen LogP contribution in [0.3, 0.4) is 0 Å². The van der Waals surface area contributed by atoms with E-state index < -0.39 is 22.9 Å². The van der Waals surface area contributed by atoms with Crippen molar-refractivity contribution in [3.8, 4) is 21.4 Å². The normalized spacial score (nSPS) is 13.0. The van der Waals surface area contributed by atoms with Crippen LogP contribution in [0, 0.1) is 0 Å². The lowest BCUT2D eigenvalue weighted by molar-refractivity contribution is -0.137. The zero-order valence-corrected chi connectivity index (χ0v) is 14.5. The zero-order chi connectivity index (χ0) is 18.0. The van der Waals surface area contributed by atoms with Crippen LogP contribution in [0.5, 0.6) is 0 Å². The summed E-state index contributed by atoms with van der Waals surface area (Å²) in [6.45, 7) is 1.80. The van der Waals surface area contributed by atoms with Gasteiger partial charge in [-0.3, -0.25) is 4.98 Å². The molecule has 0 amide bonds. The van der Waals surface area contributed by atoms with Crippen molar-refractivity contribution in [3.63, 3.8) is 0 Å². The monoisotopic (exact) mass is 384 g/mol. The molecule has 0 saturated carbocycles. The van der Waals surface area contributed by atoms with Crippen LogP contribution in [0.1, 0.15) is 12.5 Å². The van der Waals surface area contributed by atoms with E-state index in [0.29, 0.717) is 26.4 Å². The summed E-state index contributed by atoms with van der Waals surface area (Å²) in [5.74, 6) is 0.435. The molecular weight excluding hydrogens is 373 g/mol. The third kappa shape index (κ3) is 3.80. The Morgan fingerprint density at radius 3 is 2.52 bits per heavy atom. The minimum atomic E-state index is -4.44. The maximum atomic E-state index is 12.6. The highest BCUT2D eigenvalue weighted by atomic mass is 32.2. The van der Waals surface area contributed by atoms with E-state index in [9.17, 15) is 17.7 Å². The van der Waals surface area contributed by atoms with Crippen molar-refractivity contribution in [1.29, 1.82) is 0 Å². The Balaban J connectivity index is 1.94. The van der Waals surface area contributed by atoms with Gasteiger partial charge in [-0.25, -0.2) is 4.98 Å². The van der Waals surface area contributed by atoms with Crippen molar-refractivity contribution in [2.24, 2.45) is 0 Å². The van der Waals surface area contributed by atoms with Gasteiger partial charge in [0.25, 0.3) is 0 Å². The van der Waals surface area contributed by atoms with Gasteiger partial charge in [-0.05, 0) is 42.4 Å². The molecule has 3 aromatic rings. The standard InChI is InChI=1S/C15H11F3N4OS2/c1-2-25(23)11-4-3-7-19-12(11)14-22-21-13(24-14)10-6-5-9(8-20-10)15(16,17)18/h3-8H,2H2,1H3. The van der Waals surface area contributed by atoms with E-state index in [0.717, 1.165) is 23.6 Å². The minimum Gasteiger partial charge on any atom is -0.611 e. The van der Waals surface area contributed by atoms with Crippen LogP contribution < -0.4 is 0 Å². The van der Waals surface area contributed by atoms with Crippen LogP contribution in [-0.4, -0.2) is 30.5 Å². The quantitative estimate of drug-likeness (QED) is 0.640. The van der Waals surface area contributed by atoms with Gasteiger partial charge in [0.1, 0.15) is 11.4 Å². The molecule has 0 N–H and O–H groups in total. The Hall–Kier alpha value is -2.04. The molecule has 130 valence electrons. The van der Waals surface area contributed by atoms with Gasteiger partial charge in [0.2, 0.25) is 0 Å². The highest BCUT2D eigenvalue weighted by Crippen LogP contribution is 2.33. The number of aromatic nitrogens is 4. The van der Waals surface area contributed by atoms with Crippen molar-refractivity contribution in [2.75, 3.05) is 5.75 Å². The molecule has 3 aromatic heterocycles. The third-order valence-corrected chi connectivity index (χ3v) is 5.51. The fraction of sp³-hybridized carbons (Fsp3) is 0.200. The summed E-state index contributed by atoms with van der Waals surface area (Å²) in [7, 11) is 0. The maximum absolute atomic E-state index is 12.6. The van der Waals surface area contributed by atoms with Gasteiger partial charge in [-0.2, -0.15) is 13.2 Å². The van der Waals surface area contributed by atoms with Gasteiger partial charge in [0, 0.05) is 12.4 Å². The summed E-state index contributed by atoms with van der Waals surface area (Å²) in [5.41, 5.74) is -0.0875. The first kappa shape index (κ1) is 17.8. The summed E-state index contributed by atoms with van der Waals surface area (Å²) >= 11 is -0.0834. The highest BCUT2D eigenvalue weighted by Gasteiger charge is 2.31. The van der Waals surface area contributed by atoms with Crippen molar-refractivity contribution in [3.05, 3.63) is 42.2 Å². The lowest BCUT2D eigenvalue weighted by atomic mass is 10.2. The Morgan fingerprint density at radius 1 is 1.12 bits per heavy atom. The first-order valence-corrected chi connectivity index (χ1v) is 9.24. The van der Waals surface area contributed by atoms with Crippen molar-refractivity contribution < 1.29 is 17.7 Å². The highest BCUT2D eigenvalue weighted by molar-refractivity contribution is 7.91. The Morgan fingerprint density at radius 2 is 1.88 bits per heavy atom. The van der Waals surface area contributed by atoms with Gasteiger partial charge in [0.05, 0.1) is 5.56 Å². The molecular formula is C15H11F3N4OS2. The number of nitrogens with zero attached hydrogens (tertiary/aromatic N) is 4. The maximum Gasteiger partial charge on any atom is 0.417 e. The molecule has 1 unspecified atom stereocenters. The van der Waals surface area contributed by atoms with Crippen molar-refractivity contribution in [2.45, 2.75) is 18.0 Å². The lowest BCUT2D eigenvalue weighted by Gasteiger charge is -2.09. The number of alkyl halides is 3. The molecule has 0 saturated heterocycles. The molecule has 5 nitrogen and oxygen atoms in total. The molecule has 10 heteroatoms. The zero-order valence-electron chi connectivity index (χ0n) is 12.8. The van der Waals surface area contributed by atoms with E-state index >= 15 is 0 Å². The van der Waals surface area contributed by atoms with Gasteiger partial charge >= 0.3 is 6.18 Å². The second-order valence-corrected chi connectivity index (χ2v) is 7.51. The van der Waals surface area contributed by atoms with Crippen LogP contribution in [0.2, 0.25) is 0 Å². The molecule has 0 aromatic carbocycles. The van der Waals surface area contributed by atoms with E-state index in [2.05, 4.69) is 20.2 Å². The second-order valence-electron chi connectivity index (χ2n) is 4.83. The average molecular weight is 384 g/mol. The summed E-state index contributed by atoms with van der Waals surface area (Å²) in [5, 5.41) is 8.79. The third-order valence-electron chi connectivity index (χ3n) is 3.22. The molecule has 0 spiro atoms. The van der Waals surface area contributed by atoms with E-state index in [-0.39, 0.29) is 5.69 Å². The van der Waals surface area contributed by atoms with Gasteiger partial charge < -0.3 is 4.55 Å². The van der Waals surface area contributed by atoms with Crippen LogP contribution in [0.15, 0.2) is 41.6 Å². The van der Waals surface area contributed by atoms with Crippen LogP contribution >= 0.6 is 11.3 Å². The molecule has 3 rings (SSSR count). The topological polar surface area (TPSA) is 74.6 Å². The van der Waals surface area contributed by atoms with Crippen molar-refractivity contribution >= 4 is 22.5 Å². The second kappa shape index (κ2) is 7.06. The number of pyridine rings is 2. The number of hydrogen-bond donors (Lipinski definition) is 0. The molecule has 0 radical (unpaired) electrons. The predicted molar refractivity (Wildman–Crippen MR) is 88.3 cm³/mol. The molecule has 3 heterocycles. The Bertz CT molecular complexity index is 868. The number of hydrogen-bond acceptors (Lipinski definition) is 6. The van der Waals surface area contributed by atoms with E-state index in [1.807, 2.05) is 0 Å². The van der Waals surface area contributed by atoms with Gasteiger partial charge in [-0.15, -0.1) is 10.2 Å². The van der Waals surface area contributed by atoms with Crippen LogP contribution in [0.4, 0.5) is 13.2 Å². The summed E-state index contributed by atoms with van der Waals surface area (Å²) in [6.07, 6.45) is -2.12. The molecule has 0 fully saturated rings. The molecule has 0 bridgehead atoms. The molecule has 25 heavy (non-hydrogen) atoms. The lowest BCUT2D eigenvalue weighted by Crippen LogP contribution is -2.06. The van der Waals surface area contributed by atoms with Gasteiger partial charge in [-0.1, -0.05) is 11.3 Å². The average Bonchev–Trinajstić information content (AvgIpc) is 3.10. The largest absolute Gasteiger partial charge is 0.611 e. The summed E-state index contributed by atoms with van der Waals surface area (Å²) in [6, 6.07) is 5.59. The van der Waals surface area contributed by atoms with Crippen LogP contribution in [0.25, 0.3) is 21.4 Å². The Labute approximate surface area is 148 Å². The summed E-state index contributed by atoms with van der Waals surface area (Å²) in [4.78, 5) is 8.57. The fourth-order valence-corrected chi connectivity index (χ4v) is 3.80. The molecule has 0 aliphatic carbocycles. The van der Waals surface area contributed by atoms with E-state index in [4.69, 9.17) is 0 Å². The molecule has 0 aliphatic rings.